The van der Waals surface area contributed by atoms with Gasteiger partial charge in [0.1, 0.15) is 5.82 Å². The fraction of sp³-hybridized carbons (Fsp3) is 0.429. The van der Waals surface area contributed by atoms with Gasteiger partial charge in [0.2, 0.25) is 0 Å². The molecule has 0 heterocycles. The zero-order chi connectivity index (χ0) is 14.3. The highest BCUT2D eigenvalue weighted by atomic mass is 19.1. The first kappa shape index (κ1) is 15.3. The summed E-state index contributed by atoms with van der Waals surface area (Å²) in [5.41, 5.74) is 0.374. The molecule has 1 unspecified atom stereocenters. The van der Waals surface area contributed by atoms with Crippen molar-refractivity contribution >= 4 is 11.8 Å². The van der Waals surface area contributed by atoms with Crippen LogP contribution in [0, 0.1) is 5.82 Å². The molecule has 0 aliphatic carbocycles. The molecule has 0 spiro atoms. The zero-order valence-electron chi connectivity index (χ0n) is 11.1. The molecular weight excluding hydrogens is 249 g/mol. The van der Waals surface area contributed by atoms with Crippen LogP contribution in [0.25, 0.3) is 0 Å². The number of ether oxygens (including phenoxy) is 1. The second-order valence-corrected chi connectivity index (χ2v) is 4.16. The van der Waals surface area contributed by atoms with Gasteiger partial charge in [-0.3, -0.25) is 9.59 Å². The highest BCUT2D eigenvalue weighted by Crippen LogP contribution is 2.09. The van der Waals surface area contributed by atoms with Crippen LogP contribution in [-0.4, -0.2) is 31.4 Å². The largest absolute Gasteiger partial charge is 0.469 e. The summed E-state index contributed by atoms with van der Waals surface area (Å²) >= 11 is 0. The fourth-order valence-corrected chi connectivity index (χ4v) is 1.64. The molecule has 1 aromatic carbocycles. The average Bonchev–Trinajstić information content (AvgIpc) is 2.43. The molecule has 0 bridgehead atoms. The standard InChI is InChI=1S/C14H18FNO3/c1-3-8-16-12(9-13(17)19-2)14(18)10-4-6-11(15)7-5-10/h4-7,12,16H,3,8-9H2,1-2H3. The van der Waals surface area contributed by atoms with E-state index in [-0.39, 0.29) is 12.2 Å². The van der Waals surface area contributed by atoms with Crippen molar-refractivity contribution in [2.75, 3.05) is 13.7 Å². The van der Waals surface area contributed by atoms with Gasteiger partial charge in [-0.05, 0) is 37.2 Å². The molecular formula is C14H18FNO3. The molecule has 1 N–H and O–H groups in total. The van der Waals surface area contributed by atoms with E-state index in [0.717, 1.165) is 6.42 Å². The number of carbonyl (C=O) groups excluding carboxylic acids is 2. The van der Waals surface area contributed by atoms with Crippen molar-refractivity contribution < 1.29 is 18.7 Å². The summed E-state index contributed by atoms with van der Waals surface area (Å²) in [5, 5.41) is 3.00. The maximum atomic E-state index is 12.8. The van der Waals surface area contributed by atoms with E-state index >= 15 is 0 Å². The molecule has 0 amide bonds. The van der Waals surface area contributed by atoms with Gasteiger partial charge in [0.15, 0.2) is 5.78 Å². The summed E-state index contributed by atoms with van der Waals surface area (Å²) in [5.74, 6) is -1.09. The molecule has 0 aliphatic rings. The van der Waals surface area contributed by atoms with Crippen molar-refractivity contribution in [3.63, 3.8) is 0 Å². The number of hydrogen-bond acceptors (Lipinski definition) is 4. The number of ketones is 1. The highest BCUT2D eigenvalue weighted by molar-refractivity contribution is 6.01. The average molecular weight is 267 g/mol. The number of esters is 1. The maximum Gasteiger partial charge on any atom is 0.307 e. The van der Waals surface area contributed by atoms with Crippen molar-refractivity contribution in [2.24, 2.45) is 0 Å². The normalized spacial score (nSPS) is 11.9. The third-order valence-electron chi connectivity index (χ3n) is 2.68. The van der Waals surface area contributed by atoms with Gasteiger partial charge in [-0.1, -0.05) is 6.92 Å². The molecule has 0 aromatic heterocycles. The van der Waals surface area contributed by atoms with Crippen molar-refractivity contribution in [2.45, 2.75) is 25.8 Å². The van der Waals surface area contributed by atoms with Crippen LogP contribution in [0.3, 0.4) is 0 Å². The lowest BCUT2D eigenvalue weighted by atomic mass is 10.0. The number of Topliss-reactive ketones (excluding diaryl/α,β-unsaturated/α-hetero) is 1. The molecule has 1 atom stereocenters. The van der Waals surface area contributed by atoms with E-state index in [9.17, 15) is 14.0 Å². The van der Waals surface area contributed by atoms with Crippen LogP contribution in [0.4, 0.5) is 4.39 Å². The Labute approximate surface area is 112 Å². The summed E-state index contributed by atoms with van der Waals surface area (Å²) in [4.78, 5) is 23.5. The molecule has 4 nitrogen and oxygen atoms in total. The first-order valence-electron chi connectivity index (χ1n) is 6.18. The molecule has 5 heteroatoms. The van der Waals surface area contributed by atoms with E-state index in [1.165, 1.54) is 31.4 Å². The maximum absolute atomic E-state index is 12.8. The van der Waals surface area contributed by atoms with Gasteiger partial charge in [0.05, 0.1) is 19.6 Å². The van der Waals surface area contributed by atoms with Crippen LogP contribution >= 0.6 is 0 Å². The third kappa shape index (κ3) is 4.79. The van der Waals surface area contributed by atoms with E-state index in [1.54, 1.807) is 0 Å². The predicted octanol–water partition coefficient (Wildman–Crippen LogP) is 1.94. The number of benzene rings is 1. The summed E-state index contributed by atoms with van der Waals surface area (Å²) < 4.78 is 17.4. The third-order valence-corrected chi connectivity index (χ3v) is 2.68. The number of halogens is 1. The highest BCUT2D eigenvalue weighted by Gasteiger charge is 2.22. The minimum absolute atomic E-state index is 0.0350. The lowest BCUT2D eigenvalue weighted by Crippen LogP contribution is -2.39. The Hall–Kier alpha value is -1.75. The van der Waals surface area contributed by atoms with Gasteiger partial charge in [-0.2, -0.15) is 0 Å². The van der Waals surface area contributed by atoms with Crippen molar-refractivity contribution in [3.05, 3.63) is 35.6 Å². The zero-order valence-corrected chi connectivity index (χ0v) is 11.1. The van der Waals surface area contributed by atoms with Gasteiger partial charge >= 0.3 is 5.97 Å². The first-order valence-corrected chi connectivity index (χ1v) is 6.18. The van der Waals surface area contributed by atoms with Crippen LogP contribution < -0.4 is 5.32 Å². The smallest absolute Gasteiger partial charge is 0.307 e. The van der Waals surface area contributed by atoms with Gasteiger partial charge in [-0.15, -0.1) is 0 Å². The van der Waals surface area contributed by atoms with E-state index in [4.69, 9.17) is 0 Å². The molecule has 0 saturated heterocycles. The van der Waals surface area contributed by atoms with Crippen LogP contribution in [0.1, 0.15) is 30.1 Å². The summed E-state index contributed by atoms with van der Waals surface area (Å²) in [7, 11) is 1.28. The van der Waals surface area contributed by atoms with E-state index in [1.807, 2.05) is 6.92 Å². The van der Waals surface area contributed by atoms with Gasteiger partial charge in [0, 0.05) is 5.56 Å². The predicted molar refractivity (Wildman–Crippen MR) is 69.4 cm³/mol. The Morgan fingerprint density at radius 1 is 1.32 bits per heavy atom. The minimum atomic E-state index is -0.641. The van der Waals surface area contributed by atoms with Crippen molar-refractivity contribution in [3.8, 4) is 0 Å². The topological polar surface area (TPSA) is 55.4 Å². The molecule has 0 fully saturated rings. The number of hydrogen-bond donors (Lipinski definition) is 1. The Balaban J connectivity index is 2.80. The number of methoxy groups -OCH3 is 1. The Kier molecular flexibility index (Phi) is 6.15. The van der Waals surface area contributed by atoms with Crippen molar-refractivity contribution in [1.29, 1.82) is 0 Å². The minimum Gasteiger partial charge on any atom is -0.469 e. The molecule has 0 aliphatic heterocycles. The lowest BCUT2D eigenvalue weighted by molar-refractivity contribution is -0.140. The fourth-order valence-electron chi connectivity index (χ4n) is 1.64. The molecule has 0 radical (unpaired) electrons. The van der Waals surface area contributed by atoms with Crippen LogP contribution in [-0.2, 0) is 9.53 Å². The van der Waals surface area contributed by atoms with E-state index in [0.29, 0.717) is 12.1 Å². The molecule has 1 aromatic rings. The molecule has 0 saturated carbocycles. The Morgan fingerprint density at radius 3 is 2.47 bits per heavy atom. The van der Waals surface area contributed by atoms with E-state index < -0.39 is 17.8 Å². The van der Waals surface area contributed by atoms with Gasteiger partial charge in [-0.25, -0.2) is 4.39 Å². The van der Waals surface area contributed by atoms with Crippen LogP contribution in [0.5, 0.6) is 0 Å². The summed E-state index contributed by atoms with van der Waals surface area (Å²) in [6, 6.07) is 4.63. The van der Waals surface area contributed by atoms with Crippen LogP contribution in [0.15, 0.2) is 24.3 Å². The van der Waals surface area contributed by atoms with E-state index in [2.05, 4.69) is 10.1 Å². The molecule has 104 valence electrons. The Bertz CT molecular complexity index is 431. The number of rotatable bonds is 7. The number of carbonyl (C=O) groups is 2. The van der Waals surface area contributed by atoms with Gasteiger partial charge in [0.25, 0.3) is 0 Å². The van der Waals surface area contributed by atoms with Crippen LogP contribution in [0.2, 0.25) is 0 Å². The van der Waals surface area contributed by atoms with Crippen molar-refractivity contribution in [1.82, 2.24) is 5.32 Å². The Morgan fingerprint density at radius 2 is 1.95 bits per heavy atom. The second-order valence-electron chi connectivity index (χ2n) is 4.16. The second kappa shape index (κ2) is 7.63. The van der Waals surface area contributed by atoms with Gasteiger partial charge < -0.3 is 10.1 Å². The lowest BCUT2D eigenvalue weighted by Gasteiger charge is -2.16. The molecule has 19 heavy (non-hydrogen) atoms. The molecule has 1 rings (SSSR count). The SMILES string of the molecule is CCCNC(CC(=O)OC)C(=O)c1ccc(F)cc1. The quantitative estimate of drug-likeness (QED) is 0.606. The monoisotopic (exact) mass is 267 g/mol. The summed E-state index contributed by atoms with van der Waals surface area (Å²) in [6.07, 6.45) is 0.807. The first-order chi connectivity index (χ1) is 9.08. The number of nitrogens with one attached hydrogen (secondary N) is 1. The summed E-state index contributed by atoms with van der Waals surface area (Å²) in [6.45, 7) is 2.58.